The van der Waals surface area contributed by atoms with Gasteiger partial charge in [0.2, 0.25) is 5.91 Å². The zero-order valence-corrected chi connectivity index (χ0v) is 11.6. The van der Waals surface area contributed by atoms with Gasteiger partial charge in [0.25, 0.3) is 0 Å². The van der Waals surface area contributed by atoms with Crippen molar-refractivity contribution >= 4 is 23.4 Å². The summed E-state index contributed by atoms with van der Waals surface area (Å²) in [5, 5.41) is 2.85. The second kappa shape index (κ2) is 8.83. The first-order chi connectivity index (χ1) is 8.77. The summed E-state index contributed by atoms with van der Waals surface area (Å²) >= 11 is 1.55. The lowest BCUT2D eigenvalue weighted by atomic mass is 10.3. The minimum absolute atomic E-state index is 0.0248. The zero-order chi connectivity index (χ0) is 13.2. The molecule has 1 aromatic carbocycles. The van der Waals surface area contributed by atoms with E-state index in [1.807, 2.05) is 31.2 Å². The SMILES string of the molecule is CCOc1ccccc1NC(=O)CSCCOC. The standard InChI is InChI=1S/C13H19NO3S/c1-3-17-12-7-5-4-6-11(12)14-13(15)10-18-9-8-16-2/h4-7H,3,8-10H2,1-2H3,(H,14,15). The molecule has 0 saturated heterocycles. The van der Waals surface area contributed by atoms with Crippen LogP contribution in [-0.4, -0.2) is 37.7 Å². The summed E-state index contributed by atoms with van der Waals surface area (Å²) in [5.41, 5.74) is 0.719. The zero-order valence-electron chi connectivity index (χ0n) is 10.8. The van der Waals surface area contributed by atoms with E-state index in [1.165, 1.54) is 0 Å². The van der Waals surface area contributed by atoms with Crippen molar-refractivity contribution in [2.75, 3.05) is 37.1 Å². The van der Waals surface area contributed by atoms with Crippen LogP contribution in [0.1, 0.15) is 6.92 Å². The van der Waals surface area contributed by atoms with E-state index in [9.17, 15) is 4.79 Å². The maximum absolute atomic E-state index is 11.7. The first kappa shape index (κ1) is 14.9. The van der Waals surface area contributed by atoms with E-state index in [1.54, 1.807) is 18.9 Å². The molecule has 100 valence electrons. The van der Waals surface area contributed by atoms with Gasteiger partial charge in [0, 0.05) is 12.9 Å². The van der Waals surface area contributed by atoms with Gasteiger partial charge in [0.1, 0.15) is 5.75 Å². The molecule has 1 N–H and O–H groups in total. The summed E-state index contributed by atoms with van der Waals surface area (Å²) in [7, 11) is 1.65. The molecule has 0 spiro atoms. The number of para-hydroxylation sites is 2. The second-order valence-corrected chi connectivity index (χ2v) is 4.63. The molecule has 5 heteroatoms. The van der Waals surface area contributed by atoms with Gasteiger partial charge in [0.15, 0.2) is 0 Å². The lowest BCUT2D eigenvalue weighted by Gasteiger charge is -2.10. The van der Waals surface area contributed by atoms with Gasteiger partial charge in [-0.3, -0.25) is 4.79 Å². The molecule has 0 radical (unpaired) electrons. The molecule has 0 heterocycles. The Bertz CT molecular complexity index is 371. The maximum atomic E-state index is 11.7. The second-order valence-electron chi connectivity index (χ2n) is 3.52. The molecule has 0 atom stereocenters. The first-order valence-electron chi connectivity index (χ1n) is 5.86. The van der Waals surface area contributed by atoms with Crippen molar-refractivity contribution in [3.63, 3.8) is 0 Å². The van der Waals surface area contributed by atoms with Crippen molar-refractivity contribution in [2.24, 2.45) is 0 Å². The topological polar surface area (TPSA) is 47.6 Å². The van der Waals surface area contributed by atoms with Gasteiger partial charge in [-0.1, -0.05) is 12.1 Å². The summed E-state index contributed by atoms with van der Waals surface area (Å²) in [4.78, 5) is 11.7. The summed E-state index contributed by atoms with van der Waals surface area (Å²) in [6, 6.07) is 7.43. The predicted molar refractivity (Wildman–Crippen MR) is 75.4 cm³/mol. The third-order valence-electron chi connectivity index (χ3n) is 2.13. The smallest absolute Gasteiger partial charge is 0.234 e. The number of benzene rings is 1. The van der Waals surface area contributed by atoms with E-state index in [-0.39, 0.29) is 5.91 Å². The molecule has 18 heavy (non-hydrogen) atoms. The van der Waals surface area contributed by atoms with Crippen LogP contribution in [0.25, 0.3) is 0 Å². The van der Waals surface area contributed by atoms with Crippen LogP contribution >= 0.6 is 11.8 Å². The lowest BCUT2D eigenvalue weighted by molar-refractivity contribution is -0.113. The van der Waals surface area contributed by atoms with Crippen molar-refractivity contribution in [2.45, 2.75) is 6.92 Å². The molecule has 0 saturated carbocycles. The Balaban J connectivity index is 2.43. The third kappa shape index (κ3) is 5.42. The highest BCUT2D eigenvalue weighted by Crippen LogP contribution is 2.23. The third-order valence-corrected chi connectivity index (χ3v) is 3.05. The minimum atomic E-state index is -0.0248. The average Bonchev–Trinajstić information content (AvgIpc) is 2.37. The largest absolute Gasteiger partial charge is 0.492 e. The van der Waals surface area contributed by atoms with Crippen LogP contribution in [0.5, 0.6) is 5.75 Å². The van der Waals surface area contributed by atoms with E-state index in [0.717, 1.165) is 11.4 Å². The molecular weight excluding hydrogens is 250 g/mol. The van der Waals surface area contributed by atoms with Crippen molar-refractivity contribution < 1.29 is 14.3 Å². The van der Waals surface area contributed by atoms with E-state index in [4.69, 9.17) is 9.47 Å². The quantitative estimate of drug-likeness (QED) is 0.736. The van der Waals surface area contributed by atoms with E-state index in [0.29, 0.717) is 24.7 Å². The number of rotatable bonds is 8. The number of anilines is 1. The summed E-state index contributed by atoms with van der Waals surface area (Å²) in [6.07, 6.45) is 0. The fraction of sp³-hybridized carbons (Fsp3) is 0.462. The van der Waals surface area contributed by atoms with Crippen LogP contribution in [0.15, 0.2) is 24.3 Å². The van der Waals surface area contributed by atoms with E-state index < -0.39 is 0 Å². The Morgan fingerprint density at radius 3 is 2.89 bits per heavy atom. The molecule has 0 aliphatic heterocycles. The average molecular weight is 269 g/mol. The van der Waals surface area contributed by atoms with E-state index >= 15 is 0 Å². The van der Waals surface area contributed by atoms with Gasteiger partial charge in [-0.25, -0.2) is 0 Å². The molecule has 0 unspecified atom stereocenters. The monoisotopic (exact) mass is 269 g/mol. The summed E-state index contributed by atoms with van der Waals surface area (Å²) < 4.78 is 10.4. The highest BCUT2D eigenvalue weighted by Gasteiger charge is 2.06. The normalized spacial score (nSPS) is 10.1. The highest BCUT2D eigenvalue weighted by atomic mass is 32.2. The van der Waals surface area contributed by atoms with Crippen molar-refractivity contribution in [1.82, 2.24) is 0 Å². The van der Waals surface area contributed by atoms with Gasteiger partial charge in [-0.2, -0.15) is 0 Å². The molecular formula is C13H19NO3S. The summed E-state index contributed by atoms with van der Waals surface area (Å²) in [6.45, 7) is 3.15. The van der Waals surface area contributed by atoms with Crippen molar-refractivity contribution in [3.8, 4) is 5.75 Å². The molecule has 0 aromatic heterocycles. The van der Waals surface area contributed by atoms with Gasteiger partial charge < -0.3 is 14.8 Å². The maximum Gasteiger partial charge on any atom is 0.234 e. The molecule has 0 aliphatic rings. The number of carbonyl (C=O) groups is 1. The number of thioether (sulfide) groups is 1. The van der Waals surface area contributed by atoms with Gasteiger partial charge in [-0.05, 0) is 19.1 Å². The Morgan fingerprint density at radius 2 is 2.17 bits per heavy atom. The number of nitrogens with one attached hydrogen (secondary N) is 1. The number of methoxy groups -OCH3 is 1. The van der Waals surface area contributed by atoms with Crippen molar-refractivity contribution in [3.05, 3.63) is 24.3 Å². The van der Waals surface area contributed by atoms with Gasteiger partial charge in [-0.15, -0.1) is 11.8 Å². The van der Waals surface area contributed by atoms with Gasteiger partial charge in [0.05, 0.1) is 24.7 Å². The Morgan fingerprint density at radius 1 is 1.39 bits per heavy atom. The number of hydrogen-bond acceptors (Lipinski definition) is 4. The van der Waals surface area contributed by atoms with Crippen LogP contribution in [0.4, 0.5) is 5.69 Å². The highest BCUT2D eigenvalue weighted by molar-refractivity contribution is 7.99. The van der Waals surface area contributed by atoms with E-state index in [2.05, 4.69) is 5.32 Å². The molecule has 1 aromatic rings. The number of amides is 1. The minimum Gasteiger partial charge on any atom is -0.492 e. The number of carbonyl (C=O) groups excluding carboxylic acids is 1. The van der Waals surface area contributed by atoms with Crippen LogP contribution in [0.3, 0.4) is 0 Å². The lowest BCUT2D eigenvalue weighted by Crippen LogP contribution is -2.15. The first-order valence-corrected chi connectivity index (χ1v) is 7.01. The molecule has 0 bridgehead atoms. The Labute approximate surface area is 112 Å². The molecule has 4 nitrogen and oxygen atoms in total. The Hall–Kier alpha value is -1.20. The fourth-order valence-corrected chi connectivity index (χ4v) is 2.03. The van der Waals surface area contributed by atoms with Crippen molar-refractivity contribution in [1.29, 1.82) is 0 Å². The number of hydrogen-bond donors (Lipinski definition) is 1. The Kier molecular flexibility index (Phi) is 7.29. The van der Waals surface area contributed by atoms with Crippen LogP contribution in [0.2, 0.25) is 0 Å². The molecule has 1 rings (SSSR count). The van der Waals surface area contributed by atoms with Crippen LogP contribution in [0, 0.1) is 0 Å². The predicted octanol–water partition coefficient (Wildman–Crippen LogP) is 2.40. The summed E-state index contributed by atoms with van der Waals surface area (Å²) in [5.74, 6) is 1.92. The molecule has 0 fully saturated rings. The van der Waals surface area contributed by atoms with Crippen LogP contribution < -0.4 is 10.1 Å². The van der Waals surface area contributed by atoms with Gasteiger partial charge >= 0.3 is 0 Å². The van der Waals surface area contributed by atoms with Crippen LogP contribution in [-0.2, 0) is 9.53 Å². The fourth-order valence-electron chi connectivity index (χ4n) is 1.34. The molecule has 1 amide bonds. The number of ether oxygens (including phenoxy) is 2. The molecule has 0 aliphatic carbocycles.